The van der Waals surface area contributed by atoms with Gasteiger partial charge in [-0.1, -0.05) is 0 Å². The van der Waals surface area contributed by atoms with Crippen molar-refractivity contribution < 1.29 is 9.53 Å². The molecule has 1 unspecified atom stereocenters. The van der Waals surface area contributed by atoms with Crippen molar-refractivity contribution >= 4 is 11.6 Å². The maximum absolute atomic E-state index is 11.5. The SMILES string of the molecule is COc1cccnc1N1CCCC(C(C)=O)C1. The molecule has 92 valence electrons. The van der Waals surface area contributed by atoms with Crippen LogP contribution in [-0.2, 0) is 4.79 Å². The summed E-state index contributed by atoms with van der Waals surface area (Å²) in [5, 5.41) is 0. The zero-order valence-corrected chi connectivity index (χ0v) is 10.3. The number of hydrogen-bond acceptors (Lipinski definition) is 4. The Morgan fingerprint density at radius 2 is 2.41 bits per heavy atom. The second-order valence-corrected chi connectivity index (χ2v) is 4.43. The number of aromatic nitrogens is 1. The molecule has 1 atom stereocenters. The molecule has 4 nitrogen and oxygen atoms in total. The number of methoxy groups -OCH3 is 1. The molecule has 0 saturated carbocycles. The van der Waals surface area contributed by atoms with Gasteiger partial charge in [0.1, 0.15) is 5.78 Å². The molecule has 4 heteroatoms. The molecule has 1 aromatic heterocycles. The Hall–Kier alpha value is -1.58. The molecule has 0 spiro atoms. The van der Waals surface area contributed by atoms with Gasteiger partial charge < -0.3 is 9.64 Å². The highest BCUT2D eigenvalue weighted by molar-refractivity contribution is 5.79. The standard InChI is InChI=1S/C13H18N2O2/c1-10(16)11-5-4-8-15(9-11)13-12(17-2)6-3-7-14-13/h3,6-7,11H,4-5,8-9H2,1-2H3. The quantitative estimate of drug-likeness (QED) is 0.801. The van der Waals surface area contributed by atoms with Crippen LogP contribution in [0.25, 0.3) is 0 Å². The van der Waals surface area contributed by atoms with Crippen molar-refractivity contribution in [3.8, 4) is 5.75 Å². The normalized spacial score (nSPS) is 20.1. The van der Waals surface area contributed by atoms with Gasteiger partial charge in [-0.15, -0.1) is 0 Å². The van der Waals surface area contributed by atoms with Crippen molar-refractivity contribution in [1.29, 1.82) is 0 Å². The summed E-state index contributed by atoms with van der Waals surface area (Å²) in [6.07, 6.45) is 3.78. The number of rotatable bonds is 3. The summed E-state index contributed by atoms with van der Waals surface area (Å²) in [4.78, 5) is 18.0. The van der Waals surface area contributed by atoms with Crippen molar-refractivity contribution in [2.45, 2.75) is 19.8 Å². The van der Waals surface area contributed by atoms with Crippen LogP contribution in [0.1, 0.15) is 19.8 Å². The Balaban J connectivity index is 2.18. The van der Waals surface area contributed by atoms with Crippen LogP contribution < -0.4 is 9.64 Å². The molecule has 2 rings (SSSR count). The van der Waals surface area contributed by atoms with Gasteiger partial charge in [0, 0.05) is 25.2 Å². The van der Waals surface area contributed by atoms with Crippen molar-refractivity contribution in [2.24, 2.45) is 5.92 Å². The highest BCUT2D eigenvalue weighted by Gasteiger charge is 2.25. The fraction of sp³-hybridized carbons (Fsp3) is 0.538. The van der Waals surface area contributed by atoms with Gasteiger partial charge in [-0.2, -0.15) is 0 Å². The first-order chi connectivity index (χ1) is 8.22. The smallest absolute Gasteiger partial charge is 0.171 e. The van der Waals surface area contributed by atoms with Crippen LogP contribution in [0.4, 0.5) is 5.82 Å². The van der Waals surface area contributed by atoms with Gasteiger partial charge in [0.05, 0.1) is 7.11 Å². The van der Waals surface area contributed by atoms with Crippen LogP contribution in [0.5, 0.6) is 5.75 Å². The molecule has 1 fully saturated rings. The predicted molar refractivity (Wildman–Crippen MR) is 66.4 cm³/mol. The average Bonchev–Trinajstić information content (AvgIpc) is 2.39. The summed E-state index contributed by atoms with van der Waals surface area (Å²) in [5.74, 6) is 2.03. The minimum Gasteiger partial charge on any atom is -0.493 e. The Morgan fingerprint density at radius 3 is 3.12 bits per heavy atom. The Kier molecular flexibility index (Phi) is 3.61. The number of pyridine rings is 1. The van der Waals surface area contributed by atoms with Crippen LogP contribution in [0.15, 0.2) is 18.3 Å². The molecular weight excluding hydrogens is 216 g/mol. The minimum atomic E-state index is 0.135. The van der Waals surface area contributed by atoms with Gasteiger partial charge in [-0.3, -0.25) is 4.79 Å². The number of anilines is 1. The van der Waals surface area contributed by atoms with E-state index in [2.05, 4.69) is 9.88 Å². The van der Waals surface area contributed by atoms with Crippen LogP contribution in [0, 0.1) is 5.92 Å². The first-order valence-corrected chi connectivity index (χ1v) is 5.96. The predicted octanol–water partition coefficient (Wildman–Crippen LogP) is 1.90. The number of Topliss-reactive ketones (excluding diaryl/α,β-unsaturated/α-hetero) is 1. The zero-order chi connectivity index (χ0) is 12.3. The van der Waals surface area contributed by atoms with E-state index >= 15 is 0 Å². The first kappa shape index (κ1) is 11.9. The third kappa shape index (κ3) is 2.57. The number of ketones is 1. The Morgan fingerprint density at radius 1 is 1.59 bits per heavy atom. The molecule has 0 aliphatic carbocycles. The Bertz CT molecular complexity index is 406. The van der Waals surface area contributed by atoms with E-state index in [9.17, 15) is 4.79 Å². The molecule has 1 saturated heterocycles. The van der Waals surface area contributed by atoms with Gasteiger partial charge in [0.2, 0.25) is 0 Å². The molecule has 0 N–H and O–H groups in total. The number of carbonyl (C=O) groups excluding carboxylic acids is 1. The molecule has 1 aliphatic rings. The van der Waals surface area contributed by atoms with Crippen molar-refractivity contribution in [3.05, 3.63) is 18.3 Å². The number of hydrogen-bond donors (Lipinski definition) is 0. The average molecular weight is 234 g/mol. The van der Waals surface area contributed by atoms with E-state index < -0.39 is 0 Å². The van der Waals surface area contributed by atoms with Crippen LogP contribution in [-0.4, -0.2) is 31.0 Å². The largest absolute Gasteiger partial charge is 0.493 e. The Labute approximate surface area is 102 Å². The van der Waals surface area contributed by atoms with E-state index in [1.807, 2.05) is 12.1 Å². The van der Waals surface area contributed by atoms with E-state index in [0.717, 1.165) is 37.5 Å². The van der Waals surface area contributed by atoms with Gasteiger partial charge in [0.15, 0.2) is 11.6 Å². The molecule has 1 aromatic rings. The van der Waals surface area contributed by atoms with E-state index in [0.29, 0.717) is 0 Å². The lowest BCUT2D eigenvalue weighted by Crippen LogP contribution is -2.38. The number of ether oxygens (including phenoxy) is 1. The van der Waals surface area contributed by atoms with Gasteiger partial charge in [0.25, 0.3) is 0 Å². The van der Waals surface area contributed by atoms with Crippen molar-refractivity contribution in [3.63, 3.8) is 0 Å². The molecule has 0 bridgehead atoms. The molecule has 0 aromatic carbocycles. The van der Waals surface area contributed by atoms with E-state index in [-0.39, 0.29) is 11.7 Å². The second-order valence-electron chi connectivity index (χ2n) is 4.43. The third-order valence-corrected chi connectivity index (χ3v) is 3.27. The zero-order valence-electron chi connectivity index (χ0n) is 10.3. The maximum Gasteiger partial charge on any atom is 0.171 e. The molecule has 0 amide bonds. The molecule has 17 heavy (non-hydrogen) atoms. The second kappa shape index (κ2) is 5.17. The van der Waals surface area contributed by atoms with Crippen LogP contribution >= 0.6 is 0 Å². The van der Waals surface area contributed by atoms with Crippen molar-refractivity contribution in [2.75, 3.05) is 25.1 Å². The highest BCUT2D eigenvalue weighted by atomic mass is 16.5. The summed E-state index contributed by atoms with van der Waals surface area (Å²) in [5.41, 5.74) is 0. The minimum absolute atomic E-state index is 0.135. The summed E-state index contributed by atoms with van der Waals surface area (Å²) in [6, 6.07) is 3.76. The van der Waals surface area contributed by atoms with Crippen molar-refractivity contribution in [1.82, 2.24) is 4.98 Å². The van der Waals surface area contributed by atoms with E-state index in [4.69, 9.17) is 4.74 Å². The fourth-order valence-corrected chi connectivity index (χ4v) is 2.28. The third-order valence-electron chi connectivity index (χ3n) is 3.27. The highest BCUT2D eigenvalue weighted by Crippen LogP contribution is 2.29. The lowest BCUT2D eigenvalue weighted by Gasteiger charge is -2.33. The van der Waals surface area contributed by atoms with E-state index in [1.165, 1.54) is 0 Å². The van der Waals surface area contributed by atoms with Gasteiger partial charge in [-0.25, -0.2) is 4.98 Å². The lowest BCUT2D eigenvalue weighted by molar-refractivity contribution is -0.120. The summed E-state index contributed by atoms with van der Waals surface area (Å²) >= 11 is 0. The number of nitrogens with zero attached hydrogens (tertiary/aromatic N) is 2. The fourth-order valence-electron chi connectivity index (χ4n) is 2.28. The summed E-state index contributed by atoms with van der Waals surface area (Å²) in [7, 11) is 1.65. The summed E-state index contributed by atoms with van der Waals surface area (Å²) in [6.45, 7) is 3.36. The lowest BCUT2D eigenvalue weighted by atomic mass is 9.94. The topological polar surface area (TPSA) is 42.4 Å². The molecule has 2 heterocycles. The number of carbonyl (C=O) groups is 1. The number of piperidine rings is 1. The monoisotopic (exact) mass is 234 g/mol. The van der Waals surface area contributed by atoms with Gasteiger partial charge in [-0.05, 0) is 31.9 Å². The van der Waals surface area contributed by atoms with Crippen LogP contribution in [0.3, 0.4) is 0 Å². The van der Waals surface area contributed by atoms with E-state index in [1.54, 1.807) is 20.2 Å². The first-order valence-electron chi connectivity index (χ1n) is 5.96. The van der Waals surface area contributed by atoms with Crippen LogP contribution in [0.2, 0.25) is 0 Å². The van der Waals surface area contributed by atoms with Gasteiger partial charge >= 0.3 is 0 Å². The molecular formula is C13H18N2O2. The maximum atomic E-state index is 11.5. The summed E-state index contributed by atoms with van der Waals surface area (Å²) < 4.78 is 5.31. The molecule has 1 aliphatic heterocycles. The molecule has 0 radical (unpaired) electrons.